The minimum absolute atomic E-state index is 0.0876. The Kier molecular flexibility index (Phi) is 7.89. The number of carbonyl (C=O) groups is 1. The lowest BCUT2D eigenvalue weighted by atomic mass is 10.0. The van der Waals surface area contributed by atoms with Crippen molar-refractivity contribution in [2.75, 3.05) is 13.7 Å². The van der Waals surface area contributed by atoms with Crippen molar-refractivity contribution in [2.45, 2.75) is 45.8 Å². The number of ether oxygens (including phenoxy) is 2. The molecule has 0 saturated carbocycles. The number of aliphatic hydroxyl groups excluding tert-OH is 1. The van der Waals surface area contributed by atoms with E-state index in [1.54, 1.807) is 23.9 Å². The van der Waals surface area contributed by atoms with Gasteiger partial charge in [-0.25, -0.2) is 0 Å². The number of aromatic nitrogens is 2. The molecule has 2 N–H and O–H groups in total. The molecule has 0 amide bonds. The number of hydrogen-bond acceptors (Lipinski definition) is 5. The molecular weight excluding hydrogens is 408 g/mol. The first kappa shape index (κ1) is 23.3. The summed E-state index contributed by atoms with van der Waals surface area (Å²) >= 11 is 0. The monoisotopic (exact) mass is 438 g/mol. The fraction of sp³-hybridized carbons (Fsp3) is 0.360. The molecule has 0 aliphatic rings. The first-order valence-electron chi connectivity index (χ1n) is 10.8. The highest BCUT2D eigenvalue weighted by Gasteiger charge is 2.19. The van der Waals surface area contributed by atoms with Crippen LogP contribution in [0.3, 0.4) is 0 Å². The number of para-hydroxylation sites is 1. The number of benzene rings is 2. The van der Waals surface area contributed by atoms with Gasteiger partial charge in [0.2, 0.25) is 0 Å². The average Bonchev–Trinajstić information content (AvgIpc) is 3.20. The molecule has 7 heteroatoms. The number of carboxylic acid groups (broad SMARTS) is 1. The van der Waals surface area contributed by atoms with Crippen molar-refractivity contribution in [3.05, 3.63) is 54.1 Å². The molecule has 1 atom stereocenters. The Morgan fingerprint density at radius 1 is 1.09 bits per heavy atom. The maximum absolute atomic E-state index is 11.2. The first-order valence-corrected chi connectivity index (χ1v) is 10.8. The smallest absolute Gasteiger partial charge is 0.307 e. The highest BCUT2D eigenvalue weighted by Crippen LogP contribution is 2.36. The van der Waals surface area contributed by atoms with E-state index >= 15 is 0 Å². The normalized spacial score (nSPS) is 11.9. The molecule has 32 heavy (non-hydrogen) atoms. The third kappa shape index (κ3) is 5.48. The van der Waals surface area contributed by atoms with Gasteiger partial charge < -0.3 is 19.7 Å². The van der Waals surface area contributed by atoms with E-state index in [-0.39, 0.29) is 6.42 Å². The van der Waals surface area contributed by atoms with Crippen LogP contribution in [0.25, 0.3) is 22.5 Å². The Hall–Kier alpha value is -3.32. The lowest BCUT2D eigenvalue weighted by Gasteiger charge is -2.13. The molecule has 1 heterocycles. The Balaban J connectivity index is 2.15. The molecule has 0 spiro atoms. The van der Waals surface area contributed by atoms with E-state index in [4.69, 9.17) is 14.6 Å². The van der Waals surface area contributed by atoms with Gasteiger partial charge in [0.1, 0.15) is 11.5 Å². The van der Waals surface area contributed by atoms with Gasteiger partial charge in [-0.1, -0.05) is 32.0 Å². The van der Waals surface area contributed by atoms with Crippen molar-refractivity contribution >= 4 is 5.97 Å². The number of aliphatic carboxylic acids is 1. The minimum Gasteiger partial charge on any atom is -0.496 e. The van der Waals surface area contributed by atoms with E-state index in [1.165, 1.54) is 0 Å². The molecule has 1 aromatic heterocycles. The second kappa shape index (κ2) is 10.8. The summed E-state index contributed by atoms with van der Waals surface area (Å²) in [5, 5.41) is 24.3. The van der Waals surface area contributed by atoms with Gasteiger partial charge in [-0.05, 0) is 48.7 Å². The van der Waals surface area contributed by atoms with Crippen molar-refractivity contribution in [1.82, 2.24) is 9.78 Å². The molecule has 0 aliphatic heterocycles. The zero-order chi connectivity index (χ0) is 23.1. The fourth-order valence-electron chi connectivity index (χ4n) is 3.49. The number of rotatable bonds is 11. The summed E-state index contributed by atoms with van der Waals surface area (Å²) in [7, 11) is 1.62. The molecule has 1 unspecified atom stereocenters. The molecule has 0 bridgehead atoms. The van der Waals surface area contributed by atoms with Crippen LogP contribution in [-0.2, 0) is 17.8 Å². The largest absolute Gasteiger partial charge is 0.496 e. The first-order chi connectivity index (χ1) is 15.5. The fourth-order valence-corrected chi connectivity index (χ4v) is 3.49. The third-order valence-electron chi connectivity index (χ3n) is 5.15. The van der Waals surface area contributed by atoms with Gasteiger partial charge >= 0.3 is 5.97 Å². The standard InChI is InChI=1S/C25H30N2O5/c1-4-12-32-24-11-10-17(14-25(29)30)13-20(24)21-15-22(27(26-21)16-18(28)5-2)19-8-6-7-9-23(19)31-3/h6-11,13,15,18,28H,4-5,12,14,16H2,1-3H3,(H,29,30). The van der Waals surface area contributed by atoms with E-state index in [2.05, 4.69) is 0 Å². The minimum atomic E-state index is -0.899. The maximum atomic E-state index is 11.2. The molecule has 3 rings (SSSR count). The van der Waals surface area contributed by atoms with Gasteiger partial charge in [0.25, 0.3) is 0 Å². The van der Waals surface area contributed by atoms with Crippen LogP contribution in [0.1, 0.15) is 32.3 Å². The van der Waals surface area contributed by atoms with Crippen molar-refractivity contribution in [2.24, 2.45) is 0 Å². The summed E-state index contributed by atoms with van der Waals surface area (Å²) in [5.74, 6) is 0.450. The van der Waals surface area contributed by atoms with Gasteiger partial charge in [0, 0.05) is 11.1 Å². The second-order valence-electron chi connectivity index (χ2n) is 7.61. The predicted octanol–water partition coefficient (Wildman–Crippen LogP) is 4.41. The molecule has 170 valence electrons. The van der Waals surface area contributed by atoms with Crippen molar-refractivity contribution in [3.8, 4) is 34.0 Å². The molecule has 3 aromatic rings. The summed E-state index contributed by atoms with van der Waals surface area (Å²) in [5.41, 5.74) is 3.69. The molecular formula is C25H30N2O5. The van der Waals surface area contributed by atoms with Crippen molar-refractivity contribution < 1.29 is 24.5 Å². The van der Waals surface area contributed by atoms with Crippen LogP contribution in [-0.4, -0.2) is 45.8 Å². The Labute approximate surface area is 188 Å². The third-order valence-corrected chi connectivity index (χ3v) is 5.15. The van der Waals surface area contributed by atoms with Gasteiger partial charge in [0.15, 0.2) is 0 Å². The average molecular weight is 439 g/mol. The van der Waals surface area contributed by atoms with Gasteiger partial charge in [-0.2, -0.15) is 5.10 Å². The zero-order valence-corrected chi connectivity index (χ0v) is 18.7. The van der Waals surface area contributed by atoms with E-state index in [1.807, 2.05) is 50.2 Å². The predicted molar refractivity (Wildman–Crippen MR) is 123 cm³/mol. The van der Waals surface area contributed by atoms with E-state index in [0.29, 0.717) is 42.3 Å². The van der Waals surface area contributed by atoms with Crippen LogP contribution in [0, 0.1) is 0 Å². The topological polar surface area (TPSA) is 93.8 Å². The zero-order valence-electron chi connectivity index (χ0n) is 18.7. The molecule has 0 fully saturated rings. The van der Waals surface area contributed by atoms with Crippen LogP contribution >= 0.6 is 0 Å². The van der Waals surface area contributed by atoms with Crippen molar-refractivity contribution in [1.29, 1.82) is 0 Å². The number of carboxylic acids is 1. The lowest BCUT2D eigenvalue weighted by Crippen LogP contribution is -2.16. The molecule has 0 saturated heterocycles. The van der Waals surface area contributed by atoms with E-state index in [9.17, 15) is 15.0 Å². The summed E-state index contributed by atoms with van der Waals surface area (Å²) in [6.07, 6.45) is 0.806. The van der Waals surface area contributed by atoms with Crippen LogP contribution in [0.2, 0.25) is 0 Å². The van der Waals surface area contributed by atoms with Crippen LogP contribution < -0.4 is 9.47 Å². The highest BCUT2D eigenvalue weighted by atomic mass is 16.5. The number of methoxy groups -OCH3 is 1. The number of nitrogens with zero attached hydrogens (tertiary/aromatic N) is 2. The summed E-state index contributed by atoms with van der Waals surface area (Å²) < 4.78 is 13.3. The Bertz CT molecular complexity index is 1060. The van der Waals surface area contributed by atoms with Gasteiger partial charge in [-0.15, -0.1) is 0 Å². The van der Waals surface area contributed by atoms with E-state index < -0.39 is 12.1 Å². The van der Waals surface area contributed by atoms with Gasteiger partial charge in [-0.3, -0.25) is 9.48 Å². The lowest BCUT2D eigenvalue weighted by molar-refractivity contribution is -0.136. The maximum Gasteiger partial charge on any atom is 0.307 e. The Morgan fingerprint density at radius 3 is 2.56 bits per heavy atom. The molecule has 2 aromatic carbocycles. The molecule has 0 radical (unpaired) electrons. The van der Waals surface area contributed by atoms with Crippen LogP contribution in [0.15, 0.2) is 48.5 Å². The number of aliphatic hydroxyl groups is 1. The summed E-state index contributed by atoms with van der Waals surface area (Å²) in [4.78, 5) is 11.2. The van der Waals surface area contributed by atoms with Crippen molar-refractivity contribution in [3.63, 3.8) is 0 Å². The summed E-state index contributed by atoms with van der Waals surface area (Å²) in [6, 6.07) is 15.0. The molecule has 7 nitrogen and oxygen atoms in total. The Morgan fingerprint density at radius 2 is 1.88 bits per heavy atom. The summed E-state index contributed by atoms with van der Waals surface area (Å²) in [6.45, 7) is 4.81. The second-order valence-corrected chi connectivity index (χ2v) is 7.61. The highest BCUT2D eigenvalue weighted by molar-refractivity contribution is 5.77. The van der Waals surface area contributed by atoms with Gasteiger partial charge in [0.05, 0.1) is 44.2 Å². The van der Waals surface area contributed by atoms with E-state index in [0.717, 1.165) is 23.2 Å². The van der Waals surface area contributed by atoms with Crippen LogP contribution in [0.5, 0.6) is 11.5 Å². The quantitative estimate of drug-likeness (QED) is 0.461. The van der Waals surface area contributed by atoms with Crippen LogP contribution in [0.4, 0.5) is 0 Å². The SMILES string of the molecule is CCCOc1ccc(CC(=O)O)cc1-c1cc(-c2ccccc2OC)n(CC(O)CC)n1. The molecule has 0 aliphatic carbocycles. The number of hydrogen-bond donors (Lipinski definition) is 2.